The number of hydrogen-bond acceptors (Lipinski definition) is 2. The molecule has 372 valence electrons. The molecular weight excluding hydrogens is 941 g/mol. The molecule has 2 aliphatic rings. The lowest BCUT2D eigenvalue weighted by Crippen LogP contribution is -2.16. The smallest absolute Gasteiger partial charge is 0.0540 e. The Balaban J connectivity index is 0.702. The summed E-state index contributed by atoms with van der Waals surface area (Å²) in [6.45, 7) is 9.42. The van der Waals surface area contributed by atoms with Gasteiger partial charge in [0.15, 0.2) is 0 Å². The van der Waals surface area contributed by atoms with Crippen molar-refractivity contribution in [3.8, 4) is 44.5 Å². The molecule has 2 heteroatoms. The van der Waals surface area contributed by atoms with Crippen LogP contribution in [0.2, 0.25) is 0 Å². The van der Waals surface area contributed by atoms with E-state index in [0.717, 1.165) is 45.3 Å². The fourth-order valence-corrected chi connectivity index (χ4v) is 12.7. The molecule has 12 aromatic carbocycles. The van der Waals surface area contributed by atoms with Crippen molar-refractivity contribution in [3.63, 3.8) is 0 Å². The lowest BCUT2D eigenvalue weighted by molar-refractivity contribution is 0.660. The molecule has 0 unspecified atom stereocenters. The van der Waals surface area contributed by atoms with Gasteiger partial charge in [-0.25, -0.2) is 0 Å². The average molecular weight is 999 g/mol. The third kappa shape index (κ3) is 7.94. The van der Waals surface area contributed by atoms with Gasteiger partial charge < -0.3 is 9.80 Å². The molecule has 0 amide bonds. The van der Waals surface area contributed by atoms with Gasteiger partial charge in [-0.05, 0) is 149 Å². The summed E-state index contributed by atoms with van der Waals surface area (Å²) in [5, 5.41) is 4.89. The monoisotopic (exact) mass is 998 g/mol. The van der Waals surface area contributed by atoms with Gasteiger partial charge in [-0.15, -0.1) is 0 Å². The Labute approximate surface area is 458 Å². The van der Waals surface area contributed by atoms with Gasteiger partial charge in [0, 0.05) is 44.4 Å². The summed E-state index contributed by atoms with van der Waals surface area (Å²) < 4.78 is 0. The summed E-state index contributed by atoms with van der Waals surface area (Å²) in [6.07, 6.45) is 4.41. The zero-order valence-corrected chi connectivity index (χ0v) is 44.5. The van der Waals surface area contributed by atoms with Crippen molar-refractivity contribution in [2.24, 2.45) is 0 Å². The Hall–Kier alpha value is -9.50. The molecule has 0 aliphatic heterocycles. The van der Waals surface area contributed by atoms with Gasteiger partial charge in [-0.3, -0.25) is 0 Å². The second-order valence-corrected chi connectivity index (χ2v) is 22.1. The van der Waals surface area contributed by atoms with Crippen LogP contribution in [0.3, 0.4) is 0 Å². The van der Waals surface area contributed by atoms with E-state index in [1.54, 1.807) is 0 Å². The first-order chi connectivity index (χ1) is 38.2. The predicted octanol–water partition coefficient (Wildman–Crippen LogP) is 21.0. The maximum absolute atomic E-state index is 2.43. The molecule has 12 aromatic rings. The first kappa shape index (κ1) is 47.0. The van der Waals surface area contributed by atoms with Gasteiger partial charge in [0.05, 0.1) is 11.4 Å². The number of hydrogen-bond donors (Lipinski definition) is 0. The van der Waals surface area contributed by atoms with Gasteiger partial charge in [0.1, 0.15) is 0 Å². The van der Waals surface area contributed by atoms with E-state index in [0.29, 0.717) is 0 Å². The molecule has 0 bridgehead atoms. The van der Waals surface area contributed by atoms with Crippen molar-refractivity contribution in [2.45, 2.75) is 38.5 Å². The molecule has 2 nitrogen and oxygen atoms in total. The van der Waals surface area contributed by atoms with Crippen LogP contribution in [0.1, 0.15) is 61.1 Å². The molecule has 0 N–H and O–H groups in total. The third-order valence-corrected chi connectivity index (χ3v) is 16.9. The lowest BCUT2D eigenvalue weighted by atomic mass is 9.82. The molecule has 0 spiro atoms. The summed E-state index contributed by atoms with van der Waals surface area (Å²) in [4.78, 5) is 4.86. The normalized spacial score (nSPS) is 13.5. The Bertz CT molecular complexity index is 4000. The van der Waals surface area contributed by atoms with Crippen molar-refractivity contribution in [1.29, 1.82) is 0 Å². The van der Waals surface area contributed by atoms with E-state index in [-0.39, 0.29) is 10.8 Å². The minimum Gasteiger partial charge on any atom is -0.310 e. The number of anilines is 6. The van der Waals surface area contributed by atoms with Crippen LogP contribution in [0.4, 0.5) is 34.1 Å². The van der Waals surface area contributed by atoms with Crippen LogP contribution in [0, 0.1) is 0 Å². The number of rotatable bonds is 10. The van der Waals surface area contributed by atoms with E-state index in [1.807, 2.05) is 0 Å². The largest absolute Gasteiger partial charge is 0.310 e. The molecular formula is C76H58N2. The van der Waals surface area contributed by atoms with Crippen LogP contribution in [0.5, 0.6) is 0 Å². The van der Waals surface area contributed by atoms with Gasteiger partial charge in [0.25, 0.3) is 0 Å². The molecule has 0 saturated carbocycles. The lowest BCUT2D eigenvalue weighted by Gasteiger charge is -2.29. The summed E-state index contributed by atoms with van der Waals surface area (Å²) >= 11 is 0. The summed E-state index contributed by atoms with van der Waals surface area (Å²) in [7, 11) is 0. The minimum absolute atomic E-state index is 0.0993. The highest BCUT2D eigenvalue weighted by molar-refractivity contribution is 6.01. The first-order valence-corrected chi connectivity index (χ1v) is 27.3. The predicted molar refractivity (Wildman–Crippen MR) is 332 cm³/mol. The van der Waals surface area contributed by atoms with Crippen LogP contribution in [-0.4, -0.2) is 0 Å². The molecule has 14 rings (SSSR count). The maximum Gasteiger partial charge on any atom is 0.0540 e. The molecule has 78 heavy (non-hydrogen) atoms. The minimum atomic E-state index is -0.0993. The summed E-state index contributed by atoms with van der Waals surface area (Å²) in [5.41, 5.74) is 24.5. The quantitative estimate of drug-likeness (QED) is 0.126. The fourth-order valence-electron chi connectivity index (χ4n) is 12.7. The molecule has 0 saturated heterocycles. The third-order valence-electron chi connectivity index (χ3n) is 16.9. The highest BCUT2D eigenvalue weighted by Crippen LogP contribution is 2.53. The van der Waals surface area contributed by atoms with Crippen LogP contribution < -0.4 is 9.80 Å². The van der Waals surface area contributed by atoms with Crippen molar-refractivity contribution < 1.29 is 0 Å². The van der Waals surface area contributed by atoms with E-state index in [9.17, 15) is 0 Å². The van der Waals surface area contributed by atoms with Gasteiger partial charge >= 0.3 is 0 Å². The Kier molecular flexibility index (Phi) is 11.2. The van der Waals surface area contributed by atoms with Crippen molar-refractivity contribution >= 4 is 67.8 Å². The molecule has 0 heterocycles. The van der Waals surface area contributed by atoms with Crippen LogP contribution in [0.15, 0.2) is 267 Å². The van der Waals surface area contributed by atoms with Crippen molar-refractivity contribution in [2.75, 3.05) is 9.80 Å². The van der Waals surface area contributed by atoms with Crippen LogP contribution in [0.25, 0.3) is 78.2 Å². The SMILES string of the molecule is CC1(C)c2ccccc2-c2ccc(N(c3ccc(-c4ccc(C=Cc5ccc(-c6ccc(N(c7ccc8c(c7)C(C)(C)c7ccccc7-8)c7cccc8ccccc78)cc6)cc5)cc4)cc3)c3cccc4ccccc34)cc21. The molecule has 0 atom stereocenters. The van der Waals surface area contributed by atoms with Crippen molar-refractivity contribution in [3.05, 3.63) is 300 Å². The highest BCUT2D eigenvalue weighted by atomic mass is 15.1. The average Bonchev–Trinajstić information content (AvgIpc) is 4.06. The number of nitrogens with zero attached hydrogens (tertiary/aromatic N) is 2. The van der Waals surface area contributed by atoms with E-state index < -0.39 is 0 Å². The Morgan fingerprint density at radius 3 is 1.00 bits per heavy atom. The molecule has 2 aliphatic carbocycles. The molecule has 0 aromatic heterocycles. The summed E-state index contributed by atoms with van der Waals surface area (Å²) in [5.74, 6) is 0. The molecule has 0 fully saturated rings. The Morgan fingerprint density at radius 1 is 0.269 bits per heavy atom. The molecule has 0 radical (unpaired) electrons. The zero-order chi connectivity index (χ0) is 52.5. The van der Waals surface area contributed by atoms with E-state index in [2.05, 4.69) is 317 Å². The van der Waals surface area contributed by atoms with Gasteiger partial charge in [0.2, 0.25) is 0 Å². The van der Waals surface area contributed by atoms with Gasteiger partial charge in [-0.1, -0.05) is 246 Å². The van der Waals surface area contributed by atoms with E-state index >= 15 is 0 Å². The van der Waals surface area contributed by atoms with E-state index in [4.69, 9.17) is 0 Å². The van der Waals surface area contributed by atoms with Crippen LogP contribution >= 0.6 is 0 Å². The highest BCUT2D eigenvalue weighted by Gasteiger charge is 2.37. The van der Waals surface area contributed by atoms with Crippen molar-refractivity contribution in [1.82, 2.24) is 0 Å². The number of fused-ring (bicyclic) bond motifs is 8. The van der Waals surface area contributed by atoms with E-state index in [1.165, 1.54) is 88.3 Å². The standard InChI is InChI=1S/C76H58N2/c1-75(2)69-23-11-9-21-65(69)67-47-45-61(49-71(67)75)77(73-25-13-17-57-15-5-7-19-63(57)73)59-41-37-55(38-42-59)53-33-29-51(30-34-53)27-28-52-31-35-54(36-32-52)56-39-43-60(44-40-56)78(74-26-14-18-58-16-6-8-20-64(58)74)62-46-48-68-66-22-10-12-24-70(66)76(3,4)72(68)50-62/h5-50H,1-4H3. The zero-order valence-electron chi connectivity index (χ0n) is 44.5. The Morgan fingerprint density at radius 2 is 0.590 bits per heavy atom. The fraction of sp³-hybridized carbons (Fsp3) is 0.0789. The number of benzene rings is 12. The first-order valence-electron chi connectivity index (χ1n) is 27.3. The second-order valence-electron chi connectivity index (χ2n) is 22.1. The van der Waals surface area contributed by atoms with Gasteiger partial charge in [-0.2, -0.15) is 0 Å². The summed E-state index contributed by atoms with van der Waals surface area (Å²) in [6, 6.07) is 98.4. The second kappa shape index (κ2) is 18.7. The topological polar surface area (TPSA) is 6.48 Å². The maximum atomic E-state index is 2.43. The van der Waals surface area contributed by atoms with Crippen LogP contribution in [-0.2, 0) is 10.8 Å².